The second kappa shape index (κ2) is 2.66. The van der Waals surface area contributed by atoms with Crippen molar-refractivity contribution in [2.45, 2.75) is 0 Å². The van der Waals surface area contributed by atoms with Gasteiger partial charge in [0, 0.05) is 0 Å². The molecule has 1 heterocycles. The topological polar surface area (TPSA) is 77.1 Å². The van der Waals surface area contributed by atoms with Crippen molar-refractivity contribution in [3.05, 3.63) is 0 Å². The maximum absolute atomic E-state index is 10.8. The third-order valence-corrected chi connectivity index (χ3v) is 1.32. The van der Waals surface area contributed by atoms with E-state index in [9.17, 15) is 9.59 Å². The van der Waals surface area contributed by atoms with E-state index in [0.29, 0.717) is 13.1 Å². The fraction of sp³-hybridized carbons (Fsp3) is 0.600. The summed E-state index contributed by atoms with van der Waals surface area (Å²) in [5, 5.41) is 2.41. The van der Waals surface area contributed by atoms with Crippen LogP contribution in [0.25, 0.3) is 0 Å². The number of urea groups is 1. The Bertz CT molecular complexity index is 152. The fourth-order valence-electron chi connectivity index (χ4n) is 0.840. The minimum Gasteiger partial charge on any atom is -0.356 e. The molecule has 0 bridgehead atoms. The third kappa shape index (κ3) is 1.08. The van der Waals surface area contributed by atoms with Gasteiger partial charge in [-0.15, -0.1) is 0 Å². The molecule has 1 aliphatic rings. The van der Waals surface area contributed by atoms with Crippen LogP contribution in [-0.4, -0.2) is 36.5 Å². The highest BCUT2D eigenvalue weighted by Crippen LogP contribution is 1.95. The van der Waals surface area contributed by atoms with E-state index in [1.54, 1.807) is 0 Å². The lowest BCUT2D eigenvalue weighted by Gasteiger charge is -2.07. The van der Waals surface area contributed by atoms with Gasteiger partial charge in [-0.2, -0.15) is 0 Å². The van der Waals surface area contributed by atoms with Gasteiger partial charge in [0.15, 0.2) is 0 Å². The zero-order valence-corrected chi connectivity index (χ0v) is 5.59. The number of imide groups is 1. The van der Waals surface area contributed by atoms with Crippen LogP contribution in [0, 0.1) is 0 Å². The number of nitrogens with zero attached hydrogens (tertiary/aromatic N) is 1. The number of amides is 3. The Morgan fingerprint density at radius 3 is 2.70 bits per heavy atom. The van der Waals surface area contributed by atoms with Gasteiger partial charge >= 0.3 is 6.03 Å². The number of quaternary nitrogens is 1. The molecule has 0 unspecified atom stereocenters. The Morgan fingerprint density at radius 2 is 2.30 bits per heavy atom. The molecule has 0 saturated carbocycles. The standard InChI is InChI=1S/C5H9N3O2/c6-1-2-8-4(9)3-7-5(8)10/h1-3,6H2,(H,7,10)/p+1. The molecule has 10 heavy (non-hydrogen) atoms. The monoisotopic (exact) mass is 144 g/mol. The lowest BCUT2D eigenvalue weighted by Crippen LogP contribution is -2.55. The Kier molecular flexibility index (Phi) is 1.86. The van der Waals surface area contributed by atoms with Crippen LogP contribution < -0.4 is 11.1 Å². The largest absolute Gasteiger partial charge is 0.356 e. The van der Waals surface area contributed by atoms with E-state index >= 15 is 0 Å². The maximum Gasteiger partial charge on any atom is 0.324 e. The van der Waals surface area contributed by atoms with E-state index in [4.69, 9.17) is 0 Å². The first-order valence-electron chi connectivity index (χ1n) is 3.13. The summed E-state index contributed by atoms with van der Waals surface area (Å²) < 4.78 is 0. The molecule has 56 valence electrons. The highest BCUT2D eigenvalue weighted by atomic mass is 16.2. The second-order valence-electron chi connectivity index (χ2n) is 2.06. The Balaban J connectivity index is 2.54. The summed E-state index contributed by atoms with van der Waals surface area (Å²) >= 11 is 0. The quantitative estimate of drug-likeness (QED) is 0.431. The van der Waals surface area contributed by atoms with Gasteiger partial charge in [0.05, 0.1) is 19.6 Å². The minimum absolute atomic E-state index is 0.138. The molecule has 3 amide bonds. The number of rotatable bonds is 2. The van der Waals surface area contributed by atoms with Crippen LogP contribution in [0.5, 0.6) is 0 Å². The van der Waals surface area contributed by atoms with Crippen molar-refractivity contribution >= 4 is 11.9 Å². The fourth-order valence-corrected chi connectivity index (χ4v) is 0.840. The summed E-state index contributed by atoms with van der Waals surface area (Å²) in [6.07, 6.45) is 0. The Morgan fingerprint density at radius 1 is 1.60 bits per heavy atom. The summed E-state index contributed by atoms with van der Waals surface area (Å²) in [6.45, 7) is 1.13. The molecule has 5 nitrogen and oxygen atoms in total. The number of nitrogens with one attached hydrogen (secondary N) is 1. The van der Waals surface area contributed by atoms with E-state index < -0.39 is 0 Å². The first-order valence-corrected chi connectivity index (χ1v) is 3.13. The first-order chi connectivity index (χ1) is 4.75. The molecule has 0 aromatic heterocycles. The second-order valence-corrected chi connectivity index (χ2v) is 2.06. The van der Waals surface area contributed by atoms with Gasteiger partial charge in [-0.3, -0.25) is 9.69 Å². The predicted octanol–water partition coefficient (Wildman–Crippen LogP) is -2.22. The minimum atomic E-state index is -0.298. The Hall–Kier alpha value is -1.10. The van der Waals surface area contributed by atoms with Gasteiger partial charge in [-0.1, -0.05) is 0 Å². The van der Waals surface area contributed by atoms with E-state index in [1.807, 2.05) is 0 Å². The summed E-state index contributed by atoms with van der Waals surface area (Å²) in [5.41, 5.74) is 3.54. The lowest BCUT2D eigenvalue weighted by molar-refractivity contribution is -0.367. The van der Waals surface area contributed by atoms with Crippen LogP contribution in [0.2, 0.25) is 0 Å². The molecule has 0 aromatic carbocycles. The van der Waals surface area contributed by atoms with Gasteiger partial charge in [0.25, 0.3) is 0 Å². The molecule has 5 heteroatoms. The maximum atomic E-state index is 10.8. The van der Waals surface area contributed by atoms with Crippen molar-refractivity contribution < 1.29 is 15.3 Å². The van der Waals surface area contributed by atoms with Crippen molar-refractivity contribution in [3.8, 4) is 0 Å². The SMILES string of the molecule is [NH3+]CCN1C(=O)CNC1=O. The van der Waals surface area contributed by atoms with Crippen molar-refractivity contribution in [1.82, 2.24) is 10.2 Å². The van der Waals surface area contributed by atoms with Crippen molar-refractivity contribution in [2.24, 2.45) is 0 Å². The molecule has 1 fully saturated rings. The smallest absolute Gasteiger partial charge is 0.324 e. The van der Waals surface area contributed by atoms with Gasteiger partial charge in [0.1, 0.15) is 0 Å². The van der Waals surface area contributed by atoms with Crippen molar-refractivity contribution in [2.75, 3.05) is 19.6 Å². The first kappa shape index (κ1) is 7.01. The van der Waals surface area contributed by atoms with Crippen LogP contribution in [0.4, 0.5) is 4.79 Å². The van der Waals surface area contributed by atoms with Gasteiger partial charge in [0.2, 0.25) is 5.91 Å². The van der Waals surface area contributed by atoms with Crippen LogP contribution in [-0.2, 0) is 4.79 Å². The van der Waals surface area contributed by atoms with E-state index in [0.717, 1.165) is 0 Å². The number of hydrogen-bond donors (Lipinski definition) is 2. The van der Waals surface area contributed by atoms with Crippen molar-refractivity contribution in [3.63, 3.8) is 0 Å². The molecule has 0 atom stereocenters. The highest BCUT2D eigenvalue weighted by Gasteiger charge is 2.27. The molecule has 1 rings (SSSR count). The normalized spacial score (nSPS) is 17.9. The summed E-state index contributed by atoms with van der Waals surface area (Å²) in [7, 11) is 0. The van der Waals surface area contributed by atoms with Gasteiger partial charge in [-0.05, 0) is 0 Å². The van der Waals surface area contributed by atoms with Crippen LogP contribution in [0.3, 0.4) is 0 Å². The molecular formula is C5H10N3O2+. The van der Waals surface area contributed by atoms with Crippen LogP contribution >= 0.6 is 0 Å². The zero-order chi connectivity index (χ0) is 7.56. The average molecular weight is 144 g/mol. The van der Waals surface area contributed by atoms with E-state index in [2.05, 4.69) is 11.1 Å². The zero-order valence-electron chi connectivity index (χ0n) is 5.59. The number of carbonyl (C=O) groups is 2. The molecule has 1 aliphatic heterocycles. The third-order valence-electron chi connectivity index (χ3n) is 1.32. The van der Waals surface area contributed by atoms with Crippen LogP contribution in [0.1, 0.15) is 0 Å². The summed E-state index contributed by atoms with van der Waals surface area (Å²) in [5.74, 6) is -0.159. The molecule has 1 saturated heterocycles. The average Bonchev–Trinajstić information content (AvgIpc) is 2.20. The summed E-state index contributed by atoms with van der Waals surface area (Å²) in [6, 6.07) is -0.298. The number of carbonyl (C=O) groups excluding carboxylic acids is 2. The molecule has 0 spiro atoms. The van der Waals surface area contributed by atoms with Crippen LogP contribution in [0.15, 0.2) is 0 Å². The van der Waals surface area contributed by atoms with Gasteiger partial charge < -0.3 is 11.1 Å². The molecule has 0 aliphatic carbocycles. The lowest BCUT2D eigenvalue weighted by atomic mass is 10.5. The molecule has 4 N–H and O–H groups in total. The van der Waals surface area contributed by atoms with Gasteiger partial charge in [-0.25, -0.2) is 4.79 Å². The van der Waals surface area contributed by atoms with Crippen molar-refractivity contribution in [1.29, 1.82) is 0 Å². The molecule has 0 aromatic rings. The van der Waals surface area contributed by atoms with E-state index in [1.165, 1.54) is 4.90 Å². The summed E-state index contributed by atoms with van der Waals surface area (Å²) in [4.78, 5) is 22.7. The highest BCUT2D eigenvalue weighted by molar-refractivity contribution is 6.01. The van der Waals surface area contributed by atoms with E-state index in [-0.39, 0.29) is 18.5 Å². The predicted molar refractivity (Wildman–Crippen MR) is 32.9 cm³/mol. The molecule has 0 radical (unpaired) electrons. The Labute approximate surface area is 58.2 Å². The number of hydrogen-bond acceptors (Lipinski definition) is 2. The molecular weight excluding hydrogens is 134 g/mol.